The molecule has 0 aliphatic carbocycles. The van der Waals surface area contributed by atoms with Crippen LogP contribution in [0.2, 0.25) is 0 Å². The third-order valence-electron chi connectivity index (χ3n) is 2.49. The Morgan fingerprint density at radius 1 is 1.09 bits per heavy atom. The first kappa shape index (κ1) is 10.9. The average Bonchev–Trinajstić information content (AvgIpc) is 1.98. The van der Waals surface area contributed by atoms with E-state index in [0.717, 1.165) is 12.8 Å². The molecule has 0 saturated carbocycles. The second-order valence-electron chi connectivity index (χ2n) is 3.27. The second kappa shape index (κ2) is 5.56. The number of rotatable bonds is 5. The molecule has 0 aromatic carbocycles. The summed E-state index contributed by atoms with van der Waals surface area (Å²) < 4.78 is 0. The number of aliphatic hydroxyl groups is 2. The van der Waals surface area contributed by atoms with E-state index in [1.54, 1.807) is 0 Å². The zero-order chi connectivity index (χ0) is 8.85. The van der Waals surface area contributed by atoms with Crippen LogP contribution in [0.25, 0.3) is 0 Å². The number of aliphatic hydroxyl groups excluding tert-OH is 1. The summed E-state index contributed by atoms with van der Waals surface area (Å²) in [6.07, 6.45) is 1.54. The van der Waals surface area contributed by atoms with Crippen LogP contribution >= 0.6 is 0 Å². The first-order valence-corrected chi connectivity index (χ1v) is 4.47. The SMILES string of the molecule is CCC(C)C(CC)CC(O)O. The van der Waals surface area contributed by atoms with E-state index in [9.17, 15) is 0 Å². The van der Waals surface area contributed by atoms with E-state index < -0.39 is 6.29 Å². The molecule has 0 aliphatic heterocycles. The van der Waals surface area contributed by atoms with Crippen molar-refractivity contribution in [1.82, 2.24) is 0 Å². The van der Waals surface area contributed by atoms with Crippen molar-refractivity contribution in [2.24, 2.45) is 11.8 Å². The van der Waals surface area contributed by atoms with Crippen LogP contribution in [-0.4, -0.2) is 16.5 Å². The first-order chi connectivity index (χ1) is 5.11. The van der Waals surface area contributed by atoms with E-state index in [-0.39, 0.29) is 0 Å². The van der Waals surface area contributed by atoms with Crippen molar-refractivity contribution in [3.8, 4) is 0 Å². The molecule has 2 unspecified atom stereocenters. The van der Waals surface area contributed by atoms with Crippen LogP contribution in [0.5, 0.6) is 0 Å². The highest BCUT2D eigenvalue weighted by atomic mass is 16.5. The molecule has 0 radical (unpaired) electrons. The van der Waals surface area contributed by atoms with Crippen LogP contribution in [0.4, 0.5) is 0 Å². The van der Waals surface area contributed by atoms with Crippen LogP contribution in [0.15, 0.2) is 0 Å². The highest BCUT2D eigenvalue weighted by molar-refractivity contribution is 4.64. The van der Waals surface area contributed by atoms with Gasteiger partial charge in [0.05, 0.1) is 0 Å². The standard InChI is InChI=1S/C9H20O2/c1-4-7(3)8(5-2)6-9(10)11/h7-11H,4-6H2,1-3H3. The van der Waals surface area contributed by atoms with Gasteiger partial charge >= 0.3 is 0 Å². The molecule has 0 heterocycles. The molecule has 2 nitrogen and oxygen atoms in total. The minimum absolute atomic E-state index is 0.458. The van der Waals surface area contributed by atoms with Gasteiger partial charge in [0.15, 0.2) is 6.29 Å². The summed E-state index contributed by atoms with van der Waals surface area (Å²) in [5.41, 5.74) is 0. The lowest BCUT2D eigenvalue weighted by Gasteiger charge is -2.21. The van der Waals surface area contributed by atoms with Gasteiger partial charge in [-0.25, -0.2) is 0 Å². The lowest BCUT2D eigenvalue weighted by molar-refractivity contribution is -0.0611. The van der Waals surface area contributed by atoms with Gasteiger partial charge in [-0.15, -0.1) is 0 Å². The molecule has 68 valence electrons. The third-order valence-corrected chi connectivity index (χ3v) is 2.49. The van der Waals surface area contributed by atoms with Gasteiger partial charge in [-0.2, -0.15) is 0 Å². The van der Waals surface area contributed by atoms with E-state index >= 15 is 0 Å². The monoisotopic (exact) mass is 160 g/mol. The van der Waals surface area contributed by atoms with Crippen LogP contribution < -0.4 is 0 Å². The fourth-order valence-corrected chi connectivity index (χ4v) is 1.41. The summed E-state index contributed by atoms with van der Waals surface area (Å²) in [7, 11) is 0. The van der Waals surface area contributed by atoms with E-state index in [1.165, 1.54) is 0 Å². The smallest absolute Gasteiger partial charge is 0.151 e. The van der Waals surface area contributed by atoms with Gasteiger partial charge in [-0.1, -0.05) is 33.6 Å². The molecule has 0 rings (SSSR count). The van der Waals surface area contributed by atoms with E-state index in [1.807, 2.05) is 0 Å². The summed E-state index contributed by atoms with van der Waals surface area (Å²) in [5, 5.41) is 17.5. The fourth-order valence-electron chi connectivity index (χ4n) is 1.41. The molecule has 2 atom stereocenters. The van der Waals surface area contributed by atoms with E-state index in [4.69, 9.17) is 10.2 Å². The maximum absolute atomic E-state index is 8.75. The van der Waals surface area contributed by atoms with Crippen LogP contribution in [0.3, 0.4) is 0 Å². The fraction of sp³-hybridized carbons (Fsp3) is 1.00. The van der Waals surface area contributed by atoms with Crippen molar-refractivity contribution in [3.05, 3.63) is 0 Å². The predicted molar refractivity (Wildman–Crippen MR) is 46.1 cm³/mol. The van der Waals surface area contributed by atoms with Crippen molar-refractivity contribution in [2.75, 3.05) is 0 Å². The van der Waals surface area contributed by atoms with Crippen LogP contribution in [0, 0.1) is 11.8 Å². The second-order valence-corrected chi connectivity index (χ2v) is 3.27. The Bertz CT molecular complexity index is 91.6. The summed E-state index contributed by atoms with van der Waals surface area (Å²) in [6.45, 7) is 6.40. The summed E-state index contributed by atoms with van der Waals surface area (Å²) in [4.78, 5) is 0. The van der Waals surface area contributed by atoms with E-state index in [0.29, 0.717) is 18.3 Å². The molecule has 0 bridgehead atoms. The van der Waals surface area contributed by atoms with Crippen molar-refractivity contribution in [3.63, 3.8) is 0 Å². The molecule has 0 saturated heterocycles. The van der Waals surface area contributed by atoms with Crippen LogP contribution in [-0.2, 0) is 0 Å². The van der Waals surface area contributed by atoms with Gasteiger partial charge in [-0.3, -0.25) is 0 Å². The van der Waals surface area contributed by atoms with E-state index in [2.05, 4.69) is 20.8 Å². The molecule has 0 fully saturated rings. The molecular formula is C9H20O2. The molecule has 0 spiro atoms. The lowest BCUT2D eigenvalue weighted by atomic mass is 9.87. The Labute approximate surface area is 69.2 Å². The van der Waals surface area contributed by atoms with Gasteiger partial charge in [0.1, 0.15) is 0 Å². The molecular weight excluding hydrogens is 140 g/mol. The van der Waals surface area contributed by atoms with Gasteiger partial charge in [0.25, 0.3) is 0 Å². The van der Waals surface area contributed by atoms with Gasteiger partial charge in [-0.05, 0) is 11.8 Å². The quantitative estimate of drug-likeness (QED) is 0.602. The zero-order valence-electron chi connectivity index (χ0n) is 7.75. The molecule has 0 aromatic rings. The average molecular weight is 160 g/mol. The molecule has 0 amide bonds. The molecule has 0 aliphatic rings. The Morgan fingerprint density at radius 3 is 1.91 bits per heavy atom. The molecule has 0 aromatic heterocycles. The third kappa shape index (κ3) is 4.38. The maximum Gasteiger partial charge on any atom is 0.151 e. The summed E-state index contributed by atoms with van der Waals surface area (Å²) in [6, 6.07) is 0. The first-order valence-electron chi connectivity index (χ1n) is 4.47. The van der Waals surface area contributed by atoms with Gasteiger partial charge < -0.3 is 10.2 Å². The minimum atomic E-state index is -1.13. The number of hydrogen-bond acceptors (Lipinski definition) is 2. The number of hydrogen-bond donors (Lipinski definition) is 2. The van der Waals surface area contributed by atoms with Gasteiger partial charge in [0.2, 0.25) is 0 Å². The lowest BCUT2D eigenvalue weighted by Crippen LogP contribution is -2.17. The molecule has 2 N–H and O–H groups in total. The normalized spacial score (nSPS) is 16.9. The topological polar surface area (TPSA) is 40.5 Å². The Kier molecular flexibility index (Phi) is 5.51. The highest BCUT2D eigenvalue weighted by Gasteiger charge is 2.16. The summed E-state index contributed by atoms with van der Waals surface area (Å²) >= 11 is 0. The van der Waals surface area contributed by atoms with Crippen LogP contribution in [0.1, 0.15) is 40.0 Å². The highest BCUT2D eigenvalue weighted by Crippen LogP contribution is 2.22. The largest absolute Gasteiger partial charge is 0.368 e. The maximum atomic E-state index is 8.75. The minimum Gasteiger partial charge on any atom is -0.368 e. The Balaban J connectivity index is 3.74. The van der Waals surface area contributed by atoms with Crippen molar-refractivity contribution < 1.29 is 10.2 Å². The van der Waals surface area contributed by atoms with Crippen molar-refractivity contribution >= 4 is 0 Å². The molecule has 11 heavy (non-hydrogen) atoms. The van der Waals surface area contributed by atoms with Crippen molar-refractivity contribution in [2.45, 2.75) is 46.3 Å². The van der Waals surface area contributed by atoms with Gasteiger partial charge in [0, 0.05) is 6.42 Å². The predicted octanol–water partition coefficient (Wildman–Crippen LogP) is 1.76. The van der Waals surface area contributed by atoms with Crippen molar-refractivity contribution in [1.29, 1.82) is 0 Å². The molecule has 2 heteroatoms. The zero-order valence-corrected chi connectivity index (χ0v) is 7.75. The summed E-state index contributed by atoms with van der Waals surface area (Å²) in [5.74, 6) is 1.06. The Hall–Kier alpha value is -0.0800. The Morgan fingerprint density at radius 2 is 1.64 bits per heavy atom.